The van der Waals surface area contributed by atoms with Gasteiger partial charge in [-0.15, -0.1) is 11.3 Å². The molecule has 0 fully saturated rings. The van der Waals surface area contributed by atoms with E-state index in [1.54, 1.807) is 23.9 Å². The second-order valence-electron chi connectivity index (χ2n) is 6.11. The highest BCUT2D eigenvalue weighted by atomic mass is 32.1. The molecule has 0 aliphatic rings. The third-order valence-corrected chi connectivity index (χ3v) is 5.02. The van der Waals surface area contributed by atoms with Crippen LogP contribution in [0.1, 0.15) is 21.7 Å². The van der Waals surface area contributed by atoms with E-state index in [9.17, 15) is 8.78 Å². The standard InChI is InChI=1S/C19H21F2N3S/c1-15-3-6-18(25-15)13-24(9-2-8-23-10-7-22-14-23)12-16-4-5-17(20)11-19(16)21/h3-7,10-11,14H,2,8-9,12-13H2,1H3. The first-order valence-electron chi connectivity index (χ1n) is 8.27. The highest BCUT2D eigenvalue weighted by Crippen LogP contribution is 2.20. The summed E-state index contributed by atoms with van der Waals surface area (Å²) in [6, 6.07) is 8.02. The van der Waals surface area contributed by atoms with Crippen molar-refractivity contribution in [3.8, 4) is 0 Å². The lowest BCUT2D eigenvalue weighted by Gasteiger charge is -2.22. The van der Waals surface area contributed by atoms with E-state index in [1.165, 1.54) is 21.9 Å². The molecule has 0 N–H and O–H groups in total. The topological polar surface area (TPSA) is 21.1 Å². The summed E-state index contributed by atoms with van der Waals surface area (Å²) in [5, 5.41) is 0. The summed E-state index contributed by atoms with van der Waals surface area (Å²) >= 11 is 1.75. The van der Waals surface area contributed by atoms with Crippen LogP contribution in [-0.4, -0.2) is 21.0 Å². The van der Waals surface area contributed by atoms with E-state index in [2.05, 4.69) is 28.9 Å². The van der Waals surface area contributed by atoms with Crippen molar-refractivity contribution in [2.75, 3.05) is 6.54 Å². The predicted molar refractivity (Wildman–Crippen MR) is 96.4 cm³/mol. The van der Waals surface area contributed by atoms with Crippen LogP contribution in [0.25, 0.3) is 0 Å². The van der Waals surface area contributed by atoms with Gasteiger partial charge >= 0.3 is 0 Å². The van der Waals surface area contributed by atoms with E-state index in [0.29, 0.717) is 12.1 Å². The molecule has 3 rings (SSSR count). The molecule has 0 aliphatic heterocycles. The van der Waals surface area contributed by atoms with E-state index in [4.69, 9.17) is 0 Å². The van der Waals surface area contributed by atoms with Gasteiger partial charge in [-0.3, -0.25) is 4.90 Å². The molecule has 3 nitrogen and oxygen atoms in total. The van der Waals surface area contributed by atoms with Crippen molar-refractivity contribution in [3.63, 3.8) is 0 Å². The fourth-order valence-electron chi connectivity index (χ4n) is 2.79. The Morgan fingerprint density at radius 3 is 2.72 bits per heavy atom. The molecule has 25 heavy (non-hydrogen) atoms. The molecule has 0 saturated heterocycles. The van der Waals surface area contributed by atoms with Gasteiger partial charge < -0.3 is 4.57 Å². The minimum absolute atomic E-state index is 0.465. The molecule has 0 saturated carbocycles. The zero-order valence-corrected chi connectivity index (χ0v) is 15.0. The molecule has 0 aliphatic carbocycles. The van der Waals surface area contributed by atoms with Crippen molar-refractivity contribution in [3.05, 3.63) is 76.0 Å². The van der Waals surface area contributed by atoms with Gasteiger partial charge in [0.2, 0.25) is 0 Å². The average molecular weight is 361 g/mol. The van der Waals surface area contributed by atoms with Gasteiger partial charge in [-0.2, -0.15) is 0 Å². The van der Waals surface area contributed by atoms with Crippen molar-refractivity contribution in [1.29, 1.82) is 0 Å². The normalized spacial score (nSPS) is 11.4. The van der Waals surface area contributed by atoms with Crippen LogP contribution in [0.4, 0.5) is 8.78 Å². The Bertz CT molecular complexity index is 799. The number of aryl methyl sites for hydroxylation is 2. The minimum atomic E-state index is -0.540. The van der Waals surface area contributed by atoms with Crippen LogP contribution in [0, 0.1) is 18.6 Å². The summed E-state index contributed by atoms with van der Waals surface area (Å²) in [5.41, 5.74) is 0.525. The summed E-state index contributed by atoms with van der Waals surface area (Å²) in [7, 11) is 0. The third kappa shape index (κ3) is 5.21. The second-order valence-corrected chi connectivity index (χ2v) is 7.49. The first kappa shape index (κ1) is 17.8. The highest BCUT2D eigenvalue weighted by molar-refractivity contribution is 7.11. The molecule has 3 aromatic rings. The molecule has 6 heteroatoms. The number of halogens is 2. The maximum absolute atomic E-state index is 14.0. The van der Waals surface area contributed by atoms with E-state index < -0.39 is 11.6 Å². The van der Waals surface area contributed by atoms with E-state index >= 15 is 0 Å². The Kier molecular flexibility index (Phi) is 5.94. The molecular formula is C19H21F2N3S. The van der Waals surface area contributed by atoms with E-state index in [0.717, 1.165) is 32.1 Å². The monoisotopic (exact) mass is 361 g/mol. The number of benzene rings is 1. The van der Waals surface area contributed by atoms with Gasteiger partial charge in [0.25, 0.3) is 0 Å². The average Bonchev–Trinajstić information content (AvgIpc) is 3.22. The maximum Gasteiger partial charge on any atom is 0.130 e. The SMILES string of the molecule is Cc1ccc(CN(CCCn2ccnc2)Cc2ccc(F)cc2F)s1. The van der Waals surface area contributed by atoms with Crippen LogP contribution < -0.4 is 0 Å². The van der Waals surface area contributed by atoms with E-state index in [1.807, 2.05) is 10.8 Å². The fourth-order valence-corrected chi connectivity index (χ4v) is 3.72. The minimum Gasteiger partial charge on any atom is -0.337 e. The van der Waals surface area contributed by atoms with Crippen molar-refractivity contribution in [2.45, 2.75) is 33.0 Å². The summed E-state index contributed by atoms with van der Waals surface area (Å²) in [6.45, 7) is 5.00. The highest BCUT2D eigenvalue weighted by Gasteiger charge is 2.12. The summed E-state index contributed by atoms with van der Waals surface area (Å²) in [6.07, 6.45) is 6.43. The molecule has 0 atom stereocenters. The number of aromatic nitrogens is 2. The van der Waals surface area contributed by atoms with Gasteiger partial charge in [0.05, 0.1) is 6.33 Å². The van der Waals surface area contributed by atoms with Gasteiger partial charge in [0.15, 0.2) is 0 Å². The van der Waals surface area contributed by atoms with Gasteiger partial charge in [-0.05, 0) is 31.5 Å². The maximum atomic E-state index is 14.0. The molecular weight excluding hydrogens is 340 g/mol. The first-order chi connectivity index (χ1) is 12.1. The predicted octanol–water partition coefficient (Wildman–Crippen LogP) is 4.62. The van der Waals surface area contributed by atoms with Crippen LogP contribution >= 0.6 is 11.3 Å². The zero-order valence-electron chi connectivity index (χ0n) is 14.2. The molecule has 2 heterocycles. The van der Waals surface area contributed by atoms with Gasteiger partial charge in [-0.25, -0.2) is 13.8 Å². The number of imidazole rings is 1. The van der Waals surface area contributed by atoms with Crippen LogP contribution in [0.5, 0.6) is 0 Å². The smallest absolute Gasteiger partial charge is 0.130 e. The van der Waals surface area contributed by atoms with Gasteiger partial charge in [0.1, 0.15) is 11.6 Å². The van der Waals surface area contributed by atoms with Crippen molar-refractivity contribution >= 4 is 11.3 Å². The number of thiophene rings is 1. The van der Waals surface area contributed by atoms with Crippen molar-refractivity contribution in [1.82, 2.24) is 14.5 Å². The Morgan fingerprint density at radius 1 is 1.16 bits per heavy atom. The lowest BCUT2D eigenvalue weighted by atomic mass is 10.2. The summed E-state index contributed by atoms with van der Waals surface area (Å²) in [4.78, 5) is 8.77. The first-order valence-corrected chi connectivity index (χ1v) is 9.09. The molecule has 132 valence electrons. The lowest BCUT2D eigenvalue weighted by molar-refractivity contribution is 0.247. The molecule has 2 aromatic heterocycles. The molecule has 0 radical (unpaired) electrons. The van der Waals surface area contributed by atoms with Crippen LogP contribution in [0.15, 0.2) is 49.1 Å². The van der Waals surface area contributed by atoms with Crippen molar-refractivity contribution in [2.24, 2.45) is 0 Å². The number of hydrogen-bond acceptors (Lipinski definition) is 3. The zero-order chi connectivity index (χ0) is 17.6. The second kappa shape index (κ2) is 8.36. The van der Waals surface area contributed by atoms with Crippen LogP contribution in [0.3, 0.4) is 0 Å². The van der Waals surface area contributed by atoms with Crippen molar-refractivity contribution < 1.29 is 8.78 Å². The van der Waals surface area contributed by atoms with Crippen LogP contribution in [-0.2, 0) is 19.6 Å². The molecule has 0 bridgehead atoms. The number of rotatable bonds is 8. The Hall–Kier alpha value is -2.05. The molecule has 0 unspecified atom stereocenters. The Morgan fingerprint density at radius 2 is 2.04 bits per heavy atom. The van der Waals surface area contributed by atoms with Crippen LogP contribution in [0.2, 0.25) is 0 Å². The molecule has 1 aromatic carbocycles. The Labute approximate surface area is 150 Å². The fraction of sp³-hybridized carbons (Fsp3) is 0.316. The van der Waals surface area contributed by atoms with E-state index in [-0.39, 0.29) is 0 Å². The quantitative estimate of drug-likeness (QED) is 0.584. The Balaban J connectivity index is 1.66. The number of hydrogen-bond donors (Lipinski definition) is 0. The van der Waals surface area contributed by atoms with Gasteiger partial charge in [0, 0.05) is 60.0 Å². The largest absolute Gasteiger partial charge is 0.337 e. The summed E-state index contributed by atoms with van der Waals surface area (Å²) in [5.74, 6) is -1.02. The number of nitrogens with zero attached hydrogens (tertiary/aromatic N) is 3. The molecule has 0 spiro atoms. The lowest BCUT2D eigenvalue weighted by Crippen LogP contribution is -2.25. The third-order valence-electron chi connectivity index (χ3n) is 4.03. The molecule has 0 amide bonds. The van der Waals surface area contributed by atoms with Gasteiger partial charge in [-0.1, -0.05) is 6.07 Å². The summed E-state index contributed by atoms with van der Waals surface area (Å²) < 4.78 is 29.2.